The average molecular weight is 988 g/mol. The zero-order chi connectivity index (χ0) is 51.0. The summed E-state index contributed by atoms with van der Waals surface area (Å²) in [6, 6.07) is -0.946. The fraction of sp³-hybridized carbons (Fsp3) is 0.696. The first-order chi connectivity index (χ1) is 34.1. The summed E-state index contributed by atoms with van der Waals surface area (Å²) in [6.45, 7) is 2.54. The van der Waals surface area contributed by atoms with Crippen LogP contribution in [-0.4, -0.2) is 140 Å². The summed E-state index contributed by atoms with van der Waals surface area (Å²) >= 11 is 0. The highest BCUT2D eigenvalue weighted by atomic mass is 16.7. The molecule has 0 aromatic rings. The number of rotatable bonds is 39. The Balaban J connectivity index is 1.77. The number of unbranched alkanes of at least 4 members (excludes halogenated alkanes) is 12. The molecule has 1 amide bonds. The molecule has 0 radical (unpaired) electrons. The first-order valence-corrected chi connectivity index (χ1v) is 26.5. The SMILES string of the molecule is CC/C=C\C/C=C\C/C=C\C/C=C\C/C=C\CCCCCCCCCCCC(=O)NC(COC1OC(CO)C(OC2OC(CO)C(O)C(O)C2O)C(O)C1O)C(O)/C=C/CC/C=C/CC/C=C/CCC. The molecule has 2 rings (SSSR count). The van der Waals surface area contributed by atoms with Gasteiger partial charge in [-0.05, 0) is 83.5 Å². The summed E-state index contributed by atoms with van der Waals surface area (Å²) < 4.78 is 22.6. The van der Waals surface area contributed by atoms with E-state index in [1.807, 2.05) is 6.08 Å². The van der Waals surface area contributed by atoms with Gasteiger partial charge in [-0.15, -0.1) is 0 Å². The van der Waals surface area contributed by atoms with Crippen LogP contribution in [0.2, 0.25) is 0 Å². The fourth-order valence-electron chi connectivity index (χ4n) is 7.94. The van der Waals surface area contributed by atoms with E-state index in [0.29, 0.717) is 12.8 Å². The summed E-state index contributed by atoms with van der Waals surface area (Å²) in [5, 5.41) is 86.7. The van der Waals surface area contributed by atoms with Crippen LogP contribution in [0.3, 0.4) is 0 Å². The quantitative estimate of drug-likeness (QED) is 0.0215. The topological polar surface area (TPSA) is 228 Å². The lowest BCUT2D eigenvalue weighted by Gasteiger charge is -2.46. The molecular weight excluding hydrogens is 895 g/mol. The maximum Gasteiger partial charge on any atom is 0.220 e. The lowest BCUT2D eigenvalue weighted by Crippen LogP contribution is -2.65. The Morgan fingerprint density at radius 3 is 1.56 bits per heavy atom. The monoisotopic (exact) mass is 988 g/mol. The number of amides is 1. The van der Waals surface area contributed by atoms with Crippen molar-refractivity contribution in [2.75, 3.05) is 19.8 Å². The van der Waals surface area contributed by atoms with Crippen LogP contribution in [0.5, 0.6) is 0 Å². The van der Waals surface area contributed by atoms with Crippen LogP contribution in [0.1, 0.15) is 155 Å². The van der Waals surface area contributed by atoms with Gasteiger partial charge in [0.15, 0.2) is 12.6 Å². The molecule has 70 heavy (non-hydrogen) atoms. The van der Waals surface area contributed by atoms with Crippen molar-refractivity contribution in [3.05, 3.63) is 97.2 Å². The van der Waals surface area contributed by atoms with E-state index in [1.54, 1.807) is 6.08 Å². The molecule has 0 saturated carbocycles. The lowest BCUT2D eigenvalue weighted by atomic mass is 9.97. The second-order valence-electron chi connectivity index (χ2n) is 18.2. The Morgan fingerprint density at radius 2 is 1.00 bits per heavy atom. The number of carbonyl (C=O) groups is 1. The van der Waals surface area contributed by atoms with Crippen LogP contribution < -0.4 is 5.32 Å². The van der Waals surface area contributed by atoms with Crippen molar-refractivity contribution in [2.24, 2.45) is 0 Å². The maximum atomic E-state index is 13.2. The predicted molar refractivity (Wildman–Crippen MR) is 276 cm³/mol. The number of carbonyl (C=O) groups excluding carboxylic acids is 1. The molecule has 2 fully saturated rings. The second-order valence-corrected chi connectivity index (χ2v) is 18.2. The molecule has 9 N–H and O–H groups in total. The van der Waals surface area contributed by atoms with Gasteiger partial charge in [-0.2, -0.15) is 0 Å². The molecule has 2 aliphatic heterocycles. The molecule has 0 aromatic heterocycles. The third-order valence-electron chi connectivity index (χ3n) is 12.2. The van der Waals surface area contributed by atoms with Gasteiger partial charge in [-0.1, -0.05) is 162 Å². The summed E-state index contributed by atoms with van der Waals surface area (Å²) in [6.07, 6.45) is 38.8. The summed E-state index contributed by atoms with van der Waals surface area (Å²) in [5.74, 6) is -0.268. The predicted octanol–water partition coefficient (Wildman–Crippen LogP) is 7.54. The van der Waals surface area contributed by atoms with Gasteiger partial charge in [0.2, 0.25) is 5.91 Å². The van der Waals surface area contributed by atoms with Gasteiger partial charge in [0.05, 0.1) is 32.0 Å². The van der Waals surface area contributed by atoms with Gasteiger partial charge in [0, 0.05) is 6.42 Å². The zero-order valence-electron chi connectivity index (χ0n) is 42.5. The van der Waals surface area contributed by atoms with E-state index in [2.05, 4.69) is 104 Å². The number of nitrogens with one attached hydrogen (secondary N) is 1. The molecule has 2 aliphatic rings. The molecule has 14 nitrogen and oxygen atoms in total. The molecule has 2 saturated heterocycles. The third kappa shape index (κ3) is 27.7. The van der Waals surface area contributed by atoms with Crippen LogP contribution in [-0.2, 0) is 23.7 Å². The molecule has 0 bridgehead atoms. The average Bonchev–Trinajstić information content (AvgIpc) is 3.36. The van der Waals surface area contributed by atoms with Crippen molar-refractivity contribution in [3.63, 3.8) is 0 Å². The number of aliphatic hydroxyl groups is 8. The highest BCUT2D eigenvalue weighted by molar-refractivity contribution is 5.76. The Hall–Kier alpha value is -3.09. The molecule has 14 heteroatoms. The molecule has 0 spiro atoms. The van der Waals surface area contributed by atoms with Gasteiger partial charge in [0.1, 0.15) is 48.8 Å². The highest BCUT2D eigenvalue weighted by Crippen LogP contribution is 2.30. The highest BCUT2D eigenvalue weighted by Gasteiger charge is 2.51. The van der Waals surface area contributed by atoms with Gasteiger partial charge < -0.3 is 65.1 Å². The van der Waals surface area contributed by atoms with E-state index in [-0.39, 0.29) is 18.9 Å². The van der Waals surface area contributed by atoms with Crippen LogP contribution in [0.15, 0.2) is 97.2 Å². The molecule has 400 valence electrons. The molecule has 0 aliphatic carbocycles. The van der Waals surface area contributed by atoms with Crippen molar-refractivity contribution in [2.45, 2.75) is 229 Å². The number of allylic oxidation sites excluding steroid dienone is 15. The standard InChI is InChI=1S/C56H93NO13/c1-3-5-7-9-11-13-15-16-17-18-19-20-21-22-23-24-25-26-27-28-30-32-34-36-38-40-48(61)57-44(45(60)39-37-35-33-31-29-14-12-10-8-6-4-2)43-67-55-53(66)51(64)54(47(42-59)69-55)70-56-52(65)50(63)49(62)46(41-58)68-56/h5,7-8,10-11,13,16-17,19-20,22-23,29,31,37,39,44-47,49-56,58-60,62-66H,3-4,6,9,12,14-15,18,21,24-28,30,32-36,38,40-43H2,1-2H3,(H,57,61)/b7-5-,10-8+,13-11-,17-16-,20-19-,23-22-,31-29+,39-37+. The first-order valence-electron chi connectivity index (χ1n) is 26.5. The van der Waals surface area contributed by atoms with E-state index < -0.39 is 86.8 Å². The first kappa shape index (κ1) is 63.0. The van der Waals surface area contributed by atoms with Gasteiger partial charge in [-0.3, -0.25) is 4.79 Å². The number of hydrogen-bond donors (Lipinski definition) is 9. The van der Waals surface area contributed by atoms with Crippen molar-refractivity contribution in [1.82, 2.24) is 5.32 Å². The van der Waals surface area contributed by atoms with Crippen molar-refractivity contribution < 1.29 is 64.6 Å². The van der Waals surface area contributed by atoms with Crippen molar-refractivity contribution in [3.8, 4) is 0 Å². The van der Waals surface area contributed by atoms with E-state index in [0.717, 1.165) is 89.9 Å². The van der Waals surface area contributed by atoms with E-state index in [4.69, 9.17) is 18.9 Å². The molecule has 12 atom stereocenters. The molecule has 12 unspecified atom stereocenters. The number of hydrogen-bond acceptors (Lipinski definition) is 13. The maximum absolute atomic E-state index is 13.2. The number of aliphatic hydroxyl groups excluding tert-OH is 8. The van der Waals surface area contributed by atoms with E-state index >= 15 is 0 Å². The van der Waals surface area contributed by atoms with Crippen LogP contribution in [0.25, 0.3) is 0 Å². The Bertz CT molecular complexity index is 1540. The smallest absolute Gasteiger partial charge is 0.220 e. The van der Waals surface area contributed by atoms with Crippen LogP contribution >= 0.6 is 0 Å². The second kappa shape index (κ2) is 41.4. The van der Waals surface area contributed by atoms with Crippen molar-refractivity contribution in [1.29, 1.82) is 0 Å². The minimum Gasteiger partial charge on any atom is -0.394 e. The molecule has 0 aromatic carbocycles. The number of ether oxygens (including phenoxy) is 4. The van der Waals surface area contributed by atoms with E-state index in [9.17, 15) is 45.6 Å². The fourth-order valence-corrected chi connectivity index (χ4v) is 7.94. The Labute approximate surface area is 420 Å². The summed E-state index contributed by atoms with van der Waals surface area (Å²) in [4.78, 5) is 13.2. The van der Waals surface area contributed by atoms with Gasteiger partial charge in [0.25, 0.3) is 0 Å². The van der Waals surface area contributed by atoms with E-state index in [1.165, 1.54) is 32.1 Å². The minimum atomic E-state index is -1.80. The minimum absolute atomic E-state index is 0.256. The zero-order valence-corrected chi connectivity index (χ0v) is 42.5. The molecule has 2 heterocycles. The van der Waals surface area contributed by atoms with Gasteiger partial charge >= 0.3 is 0 Å². The largest absolute Gasteiger partial charge is 0.394 e. The Kier molecular flexibility index (Phi) is 37.3. The third-order valence-corrected chi connectivity index (χ3v) is 12.2. The summed E-state index contributed by atoms with van der Waals surface area (Å²) in [5.41, 5.74) is 0. The van der Waals surface area contributed by atoms with Crippen LogP contribution in [0.4, 0.5) is 0 Å². The van der Waals surface area contributed by atoms with Crippen molar-refractivity contribution >= 4 is 5.91 Å². The van der Waals surface area contributed by atoms with Crippen LogP contribution in [0, 0.1) is 0 Å². The Morgan fingerprint density at radius 1 is 0.529 bits per heavy atom. The lowest BCUT2D eigenvalue weighted by molar-refractivity contribution is -0.359. The summed E-state index contributed by atoms with van der Waals surface area (Å²) in [7, 11) is 0. The normalized spacial score (nSPS) is 26.8. The molecular formula is C56H93NO13. The van der Waals surface area contributed by atoms with Gasteiger partial charge in [-0.25, -0.2) is 0 Å².